The molecule has 0 saturated heterocycles. The second-order valence-electron chi connectivity index (χ2n) is 8.12. The van der Waals surface area contributed by atoms with Crippen molar-refractivity contribution < 1.29 is 0 Å². The van der Waals surface area contributed by atoms with Gasteiger partial charge in [0.25, 0.3) is 0 Å². The molecule has 0 unspecified atom stereocenters. The fourth-order valence-corrected chi connectivity index (χ4v) is 5.31. The van der Waals surface area contributed by atoms with Gasteiger partial charge in [0, 0.05) is 18.6 Å². The molecule has 2 bridgehead atoms. The molecule has 0 amide bonds. The van der Waals surface area contributed by atoms with Crippen molar-refractivity contribution >= 4 is 0 Å². The van der Waals surface area contributed by atoms with Crippen LogP contribution in [0.25, 0.3) is 0 Å². The smallest absolute Gasteiger partial charge is 0.0274 e. The summed E-state index contributed by atoms with van der Waals surface area (Å²) < 4.78 is 0. The van der Waals surface area contributed by atoms with Crippen LogP contribution >= 0.6 is 0 Å². The van der Waals surface area contributed by atoms with Crippen LogP contribution in [0.15, 0.2) is 60.7 Å². The van der Waals surface area contributed by atoms with E-state index in [1.165, 1.54) is 43.2 Å². The molecule has 6 rings (SSSR count). The monoisotopic (exact) mass is 303 g/mol. The zero-order chi connectivity index (χ0) is 15.3. The normalized spacial score (nSPS) is 29.7. The Kier molecular flexibility index (Phi) is 2.97. The Hall–Kier alpha value is -1.60. The van der Waals surface area contributed by atoms with E-state index < -0.39 is 0 Å². The molecule has 0 spiro atoms. The molecule has 4 fully saturated rings. The average Bonchev–Trinajstić information content (AvgIpc) is 3.27. The van der Waals surface area contributed by atoms with Gasteiger partial charge in [0.1, 0.15) is 0 Å². The second kappa shape index (κ2) is 4.95. The molecule has 0 aromatic heterocycles. The van der Waals surface area contributed by atoms with Crippen LogP contribution in [0.4, 0.5) is 0 Å². The fourth-order valence-electron chi connectivity index (χ4n) is 5.31. The molecule has 0 heterocycles. The first kappa shape index (κ1) is 13.8. The zero-order valence-corrected chi connectivity index (χ0v) is 13.7. The molecule has 2 aromatic carbocycles. The molecule has 118 valence electrons. The summed E-state index contributed by atoms with van der Waals surface area (Å²) in [5.41, 5.74) is 4.11. The summed E-state index contributed by atoms with van der Waals surface area (Å²) in [4.78, 5) is 2.83. The highest BCUT2D eigenvalue weighted by Crippen LogP contribution is 2.76. The van der Waals surface area contributed by atoms with Crippen molar-refractivity contribution in [3.63, 3.8) is 0 Å². The Bertz CT molecular complexity index is 628. The third-order valence-electron chi connectivity index (χ3n) is 6.79. The van der Waals surface area contributed by atoms with Crippen molar-refractivity contribution in [2.75, 3.05) is 0 Å². The SMILES string of the molecule is c1ccc(CN(Cc2ccccc2)C2(C34CC(C3)C4)CC2)cc1. The van der Waals surface area contributed by atoms with Crippen molar-refractivity contribution in [3.8, 4) is 0 Å². The van der Waals surface area contributed by atoms with Gasteiger partial charge in [-0.1, -0.05) is 60.7 Å². The summed E-state index contributed by atoms with van der Waals surface area (Å²) in [6.45, 7) is 2.20. The lowest BCUT2D eigenvalue weighted by molar-refractivity contribution is -0.179. The Balaban J connectivity index is 1.44. The molecule has 23 heavy (non-hydrogen) atoms. The maximum absolute atomic E-state index is 2.83. The molecule has 0 N–H and O–H groups in total. The summed E-state index contributed by atoms with van der Waals surface area (Å²) in [5.74, 6) is 1.07. The zero-order valence-electron chi connectivity index (χ0n) is 13.7. The van der Waals surface area contributed by atoms with E-state index in [-0.39, 0.29) is 0 Å². The van der Waals surface area contributed by atoms with Gasteiger partial charge < -0.3 is 0 Å². The van der Waals surface area contributed by atoms with E-state index in [0.29, 0.717) is 11.0 Å². The summed E-state index contributed by atoms with van der Waals surface area (Å²) >= 11 is 0. The summed E-state index contributed by atoms with van der Waals surface area (Å²) in [6.07, 6.45) is 7.35. The van der Waals surface area contributed by atoms with Crippen LogP contribution in [0, 0.1) is 11.3 Å². The minimum Gasteiger partial charge on any atom is -0.289 e. The largest absolute Gasteiger partial charge is 0.289 e. The van der Waals surface area contributed by atoms with Gasteiger partial charge in [0.2, 0.25) is 0 Å². The van der Waals surface area contributed by atoms with Crippen LogP contribution in [0.5, 0.6) is 0 Å². The Morgan fingerprint density at radius 2 is 1.22 bits per heavy atom. The average molecular weight is 303 g/mol. The summed E-state index contributed by atoms with van der Waals surface area (Å²) in [5, 5.41) is 0. The van der Waals surface area contributed by atoms with Crippen LogP contribution in [0.3, 0.4) is 0 Å². The number of hydrogen-bond acceptors (Lipinski definition) is 1. The van der Waals surface area contributed by atoms with Crippen molar-refractivity contribution in [1.82, 2.24) is 4.90 Å². The van der Waals surface area contributed by atoms with Crippen molar-refractivity contribution in [3.05, 3.63) is 71.8 Å². The lowest BCUT2D eigenvalue weighted by atomic mass is 9.40. The van der Waals surface area contributed by atoms with Crippen LogP contribution in [-0.2, 0) is 13.1 Å². The first-order valence-corrected chi connectivity index (χ1v) is 9.13. The highest BCUT2D eigenvalue weighted by molar-refractivity contribution is 5.28. The van der Waals surface area contributed by atoms with Gasteiger partial charge in [-0.15, -0.1) is 0 Å². The number of hydrogen-bond donors (Lipinski definition) is 0. The predicted molar refractivity (Wildman–Crippen MR) is 93.9 cm³/mol. The second-order valence-corrected chi connectivity index (χ2v) is 8.12. The third kappa shape index (κ3) is 2.10. The van der Waals surface area contributed by atoms with E-state index in [9.17, 15) is 0 Å². The van der Waals surface area contributed by atoms with E-state index in [4.69, 9.17) is 0 Å². The van der Waals surface area contributed by atoms with Crippen LogP contribution in [0.1, 0.15) is 43.2 Å². The molecule has 1 heteroatoms. The molecule has 0 atom stereocenters. The fraction of sp³-hybridized carbons (Fsp3) is 0.455. The topological polar surface area (TPSA) is 3.24 Å². The minimum absolute atomic E-state index is 0.507. The van der Waals surface area contributed by atoms with Crippen LogP contribution < -0.4 is 0 Å². The van der Waals surface area contributed by atoms with E-state index in [1.807, 2.05) is 0 Å². The van der Waals surface area contributed by atoms with Gasteiger partial charge in [0.15, 0.2) is 0 Å². The molecular weight excluding hydrogens is 278 g/mol. The molecule has 4 saturated carbocycles. The van der Waals surface area contributed by atoms with E-state index in [1.54, 1.807) is 0 Å². The van der Waals surface area contributed by atoms with Gasteiger partial charge >= 0.3 is 0 Å². The Labute approximate surface area is 139 Å². The molecular formula is C22H25N. The molecule has 4 aliphatic carbocycles. The van der Waals surface area contributed by atoms with Gasteiger partial charge in [-0.25, -0.2) is 0 Å². The maximum atomic E-state index is 2.83. The molecule has 0 aliphatic heterocycles. The quantitative estimate of drug-likeness (QED) is 0.724. The van der Waals surface area contributed by atoms with Gasteiger partial charge in [-0.3, -0.25) is 4.90 Å². The number of rotatable bonds is 6. The van der Waals surface area contributed by atoms with E-state index in [0.717, 1.165) is 19.0 Å². The standard InChI is InChI=1S/C22H25N/c1-3-7-18(8-4-1)16-23(17-19-9-5-2-6-10-19)22(11-12-22)21-13-20(14-21)15-21/h1-10,20H,11-17H2. The Morgan fingerprint density at radius 3 is 1.57 bits per heavy atom. The van der Waals surface area contributed by atoms with Gasteiger partial charge in [-0.2, -0.15) is 0 Å². The summed E-state index contributed by atoms with van der Waals surface area (Å²) in [7, 11) is 0. The van der Waals surface area contributed by atoms with Crippen molar-refractivity contribution in [2.45, 2.75) is 50.7 Å². The highest BCUT2D eigenvalue weighted by atomic mass is 15.3. The first-order valence-electron chi connectivity index (χ1n) is 9.13. The first-order chi connectivity index (χ1) is 11.3. The molecule has 1 nitrogen and oxygen atoms in total. The molecule has 0 radical (unpaired) electrons. The van der Waals surface area contributed by atoms with Crippen molar-refractivity contribution in [1.29, 1.82) is 0 Å². The van der Waals surface area contributed by atoms with E-state index >= 15 is 0 Å². The lowest BCUT2D eigenvalue weighted by Crippen LogP contribution is -2.64. The van der Waals surface area contributed by atoms with Crippen LogP contribution in [0.2, 0.25) is 0 Å². The molecule has 2 aromatic rings. The predicted octanol–water partition coefficient (Wildman–Crippen LogP) is 5.02. The maximum Gasteiger partial charge on any atom is 0.0274 e. The van der Waals surface area contributed by atoms with Gasteiger partial charge in [0.05, 0.1) is 0 Å². The van der Waals surface area contributed by atoms with E-state index in [2.05, 4.69) is 65.6 Å². The number of nitrogens with zero attached hydrogens (tertiary/aromatic N) is 1. The molecule has 4 aliphatic rings. The third-order valence-corrected chi connectivity index (χ3v) is 6.79. The van der Waals surface area contributed by atoms with Crippen molar-refractivity contribution in [2.24, 2.45) is 11.3 Å². The number of benzene rings is 2. The highest BCUT2D eigenvalue weighted by Gasteiger charge is 2.72. The Morgan fingerprint density at radius 1 is 0.739 bits per heavy atom. The summed E-state index contributed by atoms with van der Waals surface area (Å²) in [6, 6.07) is 22.1. The van der Waals surface area contributed by atoms with Gasteiger partial charge in [-0.05, 0) is 54.6 Å². The lowest BCUT2D eigenvalue weighted by Gasteiger charge is -2.68. The minimum atomic E-state index is 0.507. The van der Waals surface area contributed by atoms with Crippen LogP contribution in [-0.4, -0.2) is 10.4 Å².